The summed E-state index contributed by atoms with van der Waals surface area (Å²) in [4.78, 5) is 36.8. The number of nitrogens with one attached hydrogen (secondary N) is 1. The minimum absolute atomic E-state index is 0.00536. The lowest BCUT2D eigenvalue weighted by atomic mass is 10.1. The van der Waals surface area contributed by atoms with E-state index in [0.29, 0.717) is 24.1 Å². The number of nitrogens with zero attached hydrogens (tertiary/aromatic N) is 3. The molecule has 0 saturated carbocycles. The smallest absolute Gasteiger partial charge is 0.339 e. The second-order valence-corrected chi connectivity index (χ2v) is 8.80. The van der Waals surface area contributed by atoms with Gasteiger partial charge in [0.2, 0.25) is 5.91 Å². The fourth-order valence-electron chi connectivity index (χ4n) is 3.43. The maximum Gasteiger partial charge on any atom is 0.339 e. The van der Waals surface area contributed by atoms with Crippen molar-refractivity contribution in [2.45, 2.75) is 38.4 Å². The first-order valence-corrected chi connectivity index (χ1v) is 12.8. The van der Waals surface area contributed by atoms with E-state index in [4.69, 9.17) is 14.2 Å². The van der Waals surface area contributed by atoms with E-state index in [1.165, 1.54) is 44.2 Å². The van der Waals surface area contributed by atoms with Crippen LogP contribution in [0.4, 0.5) is 5.69 Å². The van der Waals surface area contributed by atoms with Crippen LogP contribution in [0.1, 0.15) is 47.4 Å². The molecule has 1 heterocycles. The van der Waals surface area contributed by atoms with Crippen LogP contribution in [0, 0.1) is 0 Å². The number of thioether (sulfide) groups is 1. The van der Waals surface area contributed by atoms with Gasteiger partial charge in [-0.3, -0.25) is 4.79 Å². The number of carbonyl (C=O) groups is 3. The van der Waals surface area contributed by atoms with E-state index in [0.717, 1.165) is 24.2 Å². The van der Waals surface area contributed by atoms with Gasteiger partial charge in [-0.2, -0.15) is 0 Å². The molecule has 0 atom stereocenters. The zero-order chi connectivity index (χ0) is 26.8. The van der Waals surface area contributed by atoms with Crippen LogP contribution in [0.25, 0.3) is 11.4 Å². The van der Waals surface area contributed by atoms with Gasteiger partial charge in [-0.1, -0.05) is 25.1 Å². The maximum absolute atomic E-state index is 12.8. The van der Waals surface area contributed by atoms with E-state index in [1.54, 1.807) is 0 Å². The van der Waals surface area contributed by atoms with Crippen LogP contribution in [-0.2, 0) is 20.8 Å². The van der Waals surface area contributed by atoms with Crippen LogP contribution in [0.2, 0.25) is 0 Å². The van der Waals surface area contributed by atoms with E-state index in [9.17, 15) is 14.4 Å². The van der Waals surface area contributed by atoms with Crippen molar-refractivity contribution in [3.8, 4) is 17.1 Å². The number of hydrogen-bond acceptors (Lipinski definition) is 9. The highest BCUT2D eigenvalue weighted by atomic mass is 32.2. The molecule has 0 fully saturated rings. The first-order valence-electron chi connectivity index (χ1n) is 11.8. The molecule has 11 heteroatoms. The molecule has 0 aliphatic heterocycles. The first-order chi connectivity index (χ1) is 17.9. The van der Waals surface area contributed by atoms with Crippen molar-refractivity contribution in [2.24, 2.45) is 0 Å². The lowest BCUT2D eigenvalue weighted by Crippen LogP contribution is -2.18. The standard InChI is InChI=1S/C26H30N4O6S/c1-5-7-14-36-19-11-8-17(9-12-19)23-28-29-26(30(23)6-2)37-16-22(31)27-21-15-18(24(32)34-3)10-13-20(21)25(33)35-4/h8-13,15H,5-7,14,16H2,1-4H3,(H,27,31). The van der Waals surface area contributed by atoms with E-state index in [-0.39, 0.29) is 22.6 Å². The van der Waals surface area contributed by atoms with Gasteiger partial charge in [-0.15, -0.1) is 10.2 Å². The monoisotopic (exact) mass is 526 g/mol. The second kappa shape index (κ2) is 13.4. The third kappa shape index (κ3) is 7.10. The molecule has 1 N–H and O–H groups in total. The molecule has 0 saturated heterocycles. The van der Waals surface area contributed by atoms with Gasteiger partial charge >= 0.3 is 11.9 Å². The van der Waals surface area contributed by atoms with Gasteiger partial charge < -0.3 is 24.1 Å². The number of rotatable bonds is 12. The molecule has 3 aromatic rings. The summed E-state index contributed by atoms with van der Waals surface area (Å²) >= 11 is 1.21. The fraction of sp³-hybridized carbons (Fsp3) is 0.346. The zero-order valence-corrected chi connectivity index (χ0v) is 22.1. The molecule has 0 spiro atoms. The van der Waals surface area contributed by atoms with Crippen LogP contribution in [0.15, 0.2) is 47.6 Å². The molecule has 37 heavy (non-hydrogen) atoms. The minimum Gasteiger partial charge on any atom is -0.494 e. The molecule has 196 valence electrons. The van der Waals surface area contributed by atoms with E-state index >= 15 is 0 Å². The Hall–Kier alpha value is -3.86. The largest absolute Gasteiger partial charge is 0.494 e. The average molecular weight is 527 g/mol. The lowest BCUT2D eigenvalue weighted by Gasteiger charge is -2.12. The van der Waals surface area contributed by atoms with Crippen LogP contribution < -0.4 is 10.1 Å². The summed E-state index contributed by atoms with van der Waals surface area (Å²) in [5.74, 6) is -0.136. The summed E-state index contributed by atoms with van der Waals surface area (Å²) in [7, 11) is 2.49. The van der Waals surface area contributed by atoms with Crippen molar-refractivity contribution < 1.29 is 28.6 Å². The lowest BCUT2D eigenvalue weighted by molar-refractivity contribution is -0.113. The molecule has 1 amide bonds. The van der Waals surface area contributed by atoms with Gasteiger partial charge in [0.25, 0.3) is 0 Å². The topological polar surface area (TPSA) is 122 Å². The van der Waals surface area contributed by atoms with Gasteiger partial charge in [0.15, 0.2) is 11.0 Å². The number of hydrogen-bond donors (Lipinski definition) is 1. The van der Waals surface area contributed by atoms with Crippen LogP contribution in [0.5, 0.6) is 5.75 Å². The van der Waals surface area contributed by atoms with Crippen molar-refractivity contribution in [3.63, 3.8) is 0 Å². The third-order valence-corrected chi connectivity index (χ3v) is 6.33. The molecule has 2 aromatic carbocycles. The van der Waals surface area contributed by atoms with Crippen molar-refractivity contribution in [1.29, 1.82) is 0 Å². The van der Waals surface area contributed by atoms with Gasteiger partial charge in [-0.25, -0.2) is 9.59 Å². The van der Waals surface area contributed by atoms with Gasteiger partial charge in [0.1, 0.15) is 5.75 Å². The number of esters is 2. The van der Waals surface area contributed by atoms with Crippen LogP contribution >= 0.6 is 11.8 Å². The summed E-state index contributed by atoms with van der Waals surface area (Å²) in [5, 5.41) is 11.8. The molecular weight excluding hydrogens is 496 g/mol. The van der Waals surface area contributed by atoms with E-state index in [1.807, 2.05) is 35.8 Å². The number of anilines is 1. The highest BCUT2D eigenvalue weighted by Crippen LogP contribution is 2.26. The summed E-state index contributed by atoms with van der Waals surface area (Å²) in [6.45, 7) is 5.37. The number of aromatic nitrogens is 3. The average Bonchev–Trinajstić information content (AvgIpc) is 3.34. The van der Waals surface area contributed by atoms with Gasteiger partial charge in [0, 0.05) is 12.1 Å². The van der Waals surface area contributed by atoms with Gasteiger partial charge in [0.05, 0.1) is 43.4 Å². The van der Waals surface area contributed by atoms with Crippen molar-refractivity contribution >= 4 is 35.3 Å². The Labute approximate surface area is 219 Å². The summed E-state index contributed by atoms with van der Waals surface area (Å²) < 4.78 is 17.1. The quantitative estimate of drug-likeness (QED) is 0.207. The number of ether oxygens (including phenoxy) is 3. The molecule has 0 bridgehead atoms. The van der Waals surface area contributed by atoms with Crippen LogP contribution in [-0.4, -0.2) is 59.2 Å². The Morgan fingerprint density at radius 1 is 0.973 bits per heavy atom. The molecule has 10 nitrogen and oxygen atoms in total. The normalized spacial score (nSPS) is 10.6. The first kappa shape index (κ1) is 27.7. The number of methoxy groups -OCH3 is 2. The van der Waals surface area contributed by atoms with E-state index < -0.39 is 17.8 Å². The Morgan fingerprint density at radius 2 is 1.70 bits per heavy atom. The molecule has 0 aliphatic carbocycles. The highest BCUT2D eigenvalue weighted by molar-refractivity contribution is 7.99. The molecule has 0 aliphatic rings. The predicted molar refractivity (Wildman–Crippen MR) is 140 cm³/mol. The molecule has 1 aromatic heterocycles. The Balaban J connectivity index is 1.71. The van der Waals surface area contributed by atoms with Crippen LogP contribution in [0.3, 0.4) is 0 Å². The SMILES string of the molecule is CCCCOc1ccc(-c2nnc(SCC(=O)Nc3cc(C(=O)OC)ccc3C(=O)OC)n2CC)cc1. The number of carbonyl (C=O) groups excluding carboxylic acids is 3. The van der Waals surface area contributed by atoms with Crippen molar-refractivity contribution in [1.82, 2.24) is 14.8 Å². The maximum atomic E-state index is 12.8. The van der Waals surface area contributed by atoms with Crippen molar-refractivity contribution in [3.05, 3.63) is 53.6 Å². The number of benzene rings is 2. The number of unbranched alkanes of at least 4 members (excludes halogenated alkanes) is 1. The summed E-state index contributed by atoms with van der Waals surface area (Å²) in [6, 6.07) is 11.9. The summed E-state index contributed by atoms with van der Waals surface area (Å²) in [5.41, 5.74) is 1.35. The highest BCUT2D eigenvalue weighted by Gasteiger charge is 2.19. The fourth-order valence-corrected chi connectivity index (χ4v) is 4.23. The predicted octanol–water partition coefficient (Wildman–Crippen LogP) is 4.45. The van der Waals surface area contributed by atoms with E-state index in [2.05, 4.69) is 22.4 Å². The summed E-state index contributed by atoms with van der Waals surface area (Å²) in [6.07, 6.45) is 2.07. The molecule has 3 rings (SSSR count). The molecular formula is C26H30N4O6S. The third-order valence-electron chi connectivity index (χ3n) is 5.36. The Morgan fingerprint density at radius 3 is 2.35 bits per heavy atom. The van der Waals surface area contributed by atoms with Crippen molar-refractivity contribution in [2.75, 3.05) is 31.9 Å². The second-order valence-electron chi connectivity index (χ2n) is 7.86. The zero-order valence-electron chi connectivity index (χ0n) is 21.3. The van der Waals surface area contributed by atoms with Gasteiger partial charge in [-0.05, 0) is 55.8 Å². The molecule has 0 radical (unpaired) electrons. The molecule has 0 unspecified atom stereocenters. The number of amides is 1. The Bertz CT molecular complexity index is 1240. The minimum atomic E-state index is -0.642. The Kier molecular flexibility index (Phi) is 10.1.